The lowest BCUT2D eigenvalue weighted by Crippen LogP contribution is -2.06. The van der Waals surface area contributed by atoms with Gasteiger partial charge < -0.3 is 14.8 Å². The molecule has 0 bridgehead atoms. The molecule has 102 valence electrons. The lowest BCUT2D eigenvalue weighted by molar-refractivity contribution is 0.476. The molecule has 5 heteroatoms. The number of aromatic hydroxyl groups is 1. The van der Waals surface area contributed by atoms with Gasteiger partial charge in [0.1, 0.15) is 11.5 Å². The molecule has 0 aliphatic carbocycles. The van der Waals surface area contributed by atoms with Crippen molar-refractivity contribution in [3.05, 3.63) is 45.3 Å². The zero-order valence-electron chi connectivity index (χ0n) is 10.9. The summed E-state index contributed by atoms with van der Waals surface area (Å²) in [5.41, 5.74) is 1.83. The first-order valence-electron chi connectivity index (χ1n) is 5.90. The number of aryl methyl sites for hydroxylation is 2. The number of hydrogen-bond donors (Lipinski definition) is 2. The molecule has 2 N–H and O–H groups in total. The first kappa shape index (κ1) is 14.1. The average Bonchev–Trinajstić information content (AvgIpc) is 2.65. The first-order chi connectivity index (χ1) is 8.88. The van der Waals surface area contributed by atoms with E-state index in [9.17, 15) is 5.11 Å². The largest absolute Gasteiger partial charge is 0.505 e. The predicted octanol–water partition coefficient (Wildman–Crippen LogP) is 5.08. The van der Waals surface area contributed by atoms with Crippen molar-refractivity contribution < 1.29 is 9.52 Å². The van der Waals surface area contributed by atoms with Crippen LogP contribution in [0, 0.1) is 13.8 Å². The van der Waals surface area contributed by atoms with E-state index < -0.39 is 0 Å². The highest BCUT2D eigenvalue weighted by molar-refractivity contribution is 6.37. The molecule has 1 unspecified atom stereocenters. The van der Waals surface area contributed by atoms with Crippen LogP contribution in [0.1, 0.15) is 30.0 Å². The molecule has 19 heavy (non-hydrogen) atoms. The molecular formula is C14H15Cl2NO2. The van der Waals surface area contributed by atoms with E-state index in [0.717, 1.165) is 22.8 Å². The molecule has 1 atom stereocenters. The smallest absolute Gasteiger partial charge is 0.152 e. The Morgan fingerprint density at radius 2 is 1.74 bits per heavy atom. The molecule has 0 amide bonds. The molecule has 0 saturated carbocycles. The van der Waals surface area contributed by atoms with Gasteiger partial charge in [0.15, 0.2) is 5.75 Å². The van der Waals surface area contributed by atoms with E-state index in [4.69, 9.17) is 27.6 Å². The molecule has 2 rings (SSSR count). The number of halogens is 2. The van der Waals surface area contributed by atoms with Gasteiger partial charge in [0.25, 0.3) is 0 Å². The molecule has 0 spiro atoms. The maximum Gasteiger partial charge on any atom is 0.152 e. The fourth-order valence-electron chi connectivity index (χ4n) is 2.06. The molecule has 0 radical (unpaired) electrons. The number of nitrogens with one attached hydrogen (secondary N) is 1. The van der Waals surface area contributed by atoms with Gasteiger partial charge in [-0.05, 0) is 39.0 Å². The summed E-state index contributed by atoms with van der Waals surface area (Å²) >= 11 is 11.8. The molecule has 0 aliphatic heterocycles. The molecule has 3 nitrogen and oxygen atoms in total. The summed E-state index contributed by atoms with van der Waals surface area (Å²) in [6.07, 6.45) is 0. The van der Waals surface area contributed by atoms with Crippen LogP contribution < -0.4 is 5.32 Å². The highest BCUT2D eigenvalue weighted by Gasteiger charge is 2.14. The number of anilines is 1. The van der Waals surface area contributed by atoms with Crippen LogP contribution in [-0.4, -0.2) is 5.11 Å². The number of benzene rings is 1. The van der Waals surface area contributed by atoms with Gasteiger partial charge in [0, 0.05) is 11.3 Å². The van der Waals surface area contributed by atoms with E-state index in [1.165, 1.54) is 0 Å². The van der Waals surface area contributed by atoms with Crippen molar-refractivity contribution in [2.75, 3.05) is 5.32 Å². The minimum Gasteiger partial charge on any atom is -0.505 e. The van der Waals surface area contributed by atoms with Crippen LogP contribution in [0.5, 0.6) is 5.75 Å². The first-order valence-corrected chi connectivity index (χ1v) is 6.65. The minimum absolute atomic E-state index is 0.0501. The summed E-state index contributed by atoms with van der Waals surface area (Å²) < 4.78 is 5.51. The second-order valence-electron chi connectivity index (χ2n) is 4.52. The van der Waals surface area contributed by atoms with Crippen LogP contribution in [0.25, 0.3) is 0 Å². The Morgan fingerprint density at radius 3 is 2.21 bits per heavy atom. The zero-order chi connectivity index (χ0) is 14.2. The van der Waals surface area contributed by atoms with Gasteiger partial charge in [-0.3, -0.25) is 0 Å². The Morgan fingerprint density at radius 1 is 1.16 bits per heavy atom. The van der Waals surface area contributed by atoms with E-state index in [2.05, 4.69) is 5.32 Å². The maximum absolute atomic E-state index is 9.52. The SMILES string of the molecule is Cc1cc(C(C)Nc2cc(Cl)c(O)c(Cl)c2)c(C)o1. The minimum atomic E-state index is -0.100. The van der Waals surface area contributed by atoms with Crippen molar-refractivity contribution in [3.8, 4) is 5.75 Å². The second kappa shape index (κ2) is 5.35. The molecule has 1 heterocycles. The summed E-state index contributed by atoms with van der Waals surface area (Å²) in [5, 5.41) is 13.3. The van der Waals surface area contributed by atoms with Gasteiger partial charge in [0.05, 0.1) is 16.1 Å². The lowest BCUT2D eigenvalue weighted by atomic mass is 10.1. The van der Waals surface area contributed by atoms with Crippen molar-refractivity contribution >= 4 is 28.9 Å². The highest BCUT2D eigenvalue weighted by Crippen LogP contribution is 2.36. The van der Waals surface area contributed by atoms with Gasteiger partial charge in [-0.1, -0.05) is 23.2 Å². The molecule has 2 aromatic rings. The molecule has 1 aromatic heterocycles. The van der Waals surface area contributed by atoms with Crippen LogP contribution in [0.3, 0.4) is 0 Å². The van der Waals surface area contributed by atoms with Crippen molar-refractivity contribution in [2.24, 2.45) is 0 Å². The fourth-order valence-corrected chi connectivity index (χ4v) is 2.54. The topological polar surface area (TPSA) is 45.4 Å². The quantitative estimate of drug-likeness (QED) is 0.777. The van der Waals surface area contributed by atoms with Crippen molar-refractivity contribution in [1.29, 1.82) is 0 Å². The van der Waals surface area contributed by atoms with Gasteiger partial charge in [0.2, 0.25) is 0 Å². The van der Waals surface area contributed by atoms with Gasteiger partial charge in [-0.25, -0.2) is 0 Å². The predicted molar refractivity (Wildman–Crippen MR) is 78.3 cm³/mol. The summed E-state index contributed by atoms with van der Waals surface area (Å²) in [5.74, 6) is 1.66. The van der Waals surface area contributed by atoms with Crippen LogP contribution in [-0.2, 0) is 0 Å². The standard InChI is InChI=1S/C14H15Cl2NO2/c1-7-4-11(9(3)19-7)8(2)17-10-5-12(15)14(18)13(16)6-10/h4-6,8,17-18H,1-3H3. The number of phenols is 1. The van der Waals surface area contributed by atoms with E-state index >= 15 is 0 Å². The van der Waals surface area contributed by atoms with Gasteiger partial charge in [-0.15, -0.1) is 0 Å². The van der Waals surface area contributed by atoms with Crippen molar-refractivity contribution in [3.63, 3.8) is 0 Å². The highest BCUT2D eigenvalue weighted by atomic mass is 35.5. The summed E-state index contributed by atoms with van der Waals surface area (Å²) in [6.45, 7) is 5.86. The van der Waals surface area contributed by atoms with Gasteiger partial charge >= 0.3 is 0 Å². The van der Waals surface area contributed by atoms with Gasteiger partial charge in [-0.2, -0.15) is 0 Å². The number of phenolic OH excluding ortho intramolecular Hbond substituents is 1. The fraction of sp³-hybridized carbons (Fsp3) is 0.286. The van der Waals surface area contributed by atoms with Crippen LogP contribution >= 0.6 is 23.2 Å². The number of hydrogen-bond acceptors (Lipinski definition) is 3. The monoisotopic (exact) mass is 299 g/mol. The number of rotatable bonds is 3. The van der Waals surface area contributed by atoms with Crippen molar-refractivity contribution in [2.45, 2.75) is 26.8 Å². The molecule has 0 fully saturated rings. The third-order valence-corrected chi connectivity index (χ3v) is 3.52. The summed E-state index contributed by atoms with van der Waals surface area (Å²) in [7, 11) is 0. The normalized spacial score (nSPS) is 12.5. The van der Waals surface area contributed by atoms with E-state index in [0.29, 0.717) is 0 Å². The van der Waals surface area contributed by atoms with Crippen LogP contribution in [0.4, 0.5) is 5.69 Å². The second-order valence-corrected chi connectivity index (χ2v) is 5.34. The Bertz CT molecular complexity index is 584. The summed E-state index contributed by atoms with van der Waals surface area (Å²) in [4.78, 5) is 0. The Balaban J connectivity index is 2.24. The molecule has 0 saturated heterocycles. The average molecular weight is 300 g/mol. The Labute approximate surface area is 122 Å². The van der Waals surface area contributed by atoms with Crippen molar-refractivity contribution in [1.82, 2.24) is 0 Å². The lowest BCUT2D eigenvalue weighted by Gasteiger charge is -2.15. The number of furan rings is 1. The molecular weight excluding hydrogens is 285 g/mol. The third-order valence-electron chi connectivity index (χ3n) is 2.95. The third kappa shape index (κ3) is 2.99. The maximum atomic E-state index is 9.52. The molecule has 1 aromatic carbocycles. The summed E-state index contributed by atoms with van der Waals surface area (Å²) in [6, 6.07) is 5.33. The Kier molecular flexibility index (Phi) is 3.97. The van der Waals surface area contributed by atoms with E-state index in [1.807, 2.05) is 26.8 Å². The zero-order valence-corrected chi connectivity index (χ0v) is 12.4. The Hall–Kier alpha value is -1.32. The van der Waals surface area contributed by atoms with E-state index in [1.54, 1.807) is 12.1 Å². The van der Waals surface area contributed by atoms with Crippen LogP contribution in [0.2, 0.25) is 10.0 Å². The van der Waals surface area contributed by atoms with Crippen LogP contribution in [0.15, 0.2) is 22.6 Å². The molecule has 0 aliphatic rings. The van der Waals surface area contributed by atoms with E-state index in [-0.39, 0.29) is 21.8 Å².